The van der Waals surface area contributed by atoms with Crippen LogP contribution in [0.1, 0.15) is 36.9 Å². The second-order valence-electron chi connectivity index (χ2n) is 9.17. The molecule has 7 nitrogen and oxygen atoms in total. The maximum Gasteiger partial charge on any atom is 0.419 e. The van der Waals surface area contributed by atoms with Crippen LogP contribution in [0.2, 0.25) is 0 Å². The highest BCUT2D eigenvalue weighted by atomic mass is 32.1. The number of halogens is 5. The van der Waals surface area contributed by atoms with Gasteiger partial charge < -0.3 is 15.0 Å². The van der Waals surface area contributed by atoms with Crippen LogP contribution in [0.25, 0.3) is 0 Å². The smallest absolute Gasteiger partial charge is 0.419 e. The average Bonchev–Trinajstić information content (AvgIpc) is 3.06. The van der Waals surface area contributed by atoms with Gasteiger partial charge in [-0.3, -0.25) is 9.69 Å². The number of benzene rings is 1. The van der Waals surface area contributed by atoms with Crippen molar-refractivity contribution in [3.63, 3.8) is 0 Å². The highest BCUT2D eigenvalue weighted by molar-refractivity contribution is 7.81. The minimum absolute atomic E-state index is 0.0390. The SMILES string of the molecule is N#Cc1ncc(N2C(=O)C3(CCC3)N(c3ccc(O[C@@H]4CCNCC4(F)F)cc3)C2=S)cc1C(F)(F)F. The van der Waals surface area contributed by atoms with Crippen molar-refractivity contribution in [2.75, 3.05) is 22.9 Å². The molecular formula is C24H20F5N5O2S. The lowest BCUT2D eigenvalue weighted by atomic mass is 9.75. The van der Waals surface area contributed by atoms with Gasteiger partial charge >= 0.3 is 6.18 Å². The molecular weight excluding hydrogens is 517 g/mol. The summed E-state index contributed by atoms with van der Waals surface area (Å²) < 4.78 is 74.4. The van der Waals surface area contributed by atoms with E-state index < -0.39 is 47.5 Å². The third-order valence-corrected chi connectivity index (χ3v) is 7.29. The Morgan fingerprint density at radius 2 is 1.89 bits per heavy atom. The molecule has 2 aliphatic heterocycles. The molecule has 2 aromatic rings. The number of aromatic nitrogens is 1. The van der Waals surface area contributed by atoms with Crippen molar-refractivity contribution < 1.29 is 31.5 Å². The topological polar surface area (TPSA) is 81.5 Å². The van der Waals surface area contributed by atoms with Gasteiger partial charge in [0.15, 0.2) is 16.9 Å². The molecule has 0 bridgehead atoms. The summed E-state index contributed by atoms with van der Waals surface area (Å²) >= 11 is 5.56. The van der Waals surface area contributed by atoms with Gasteiger partial charge in [0.25, 0.3) is 11.8 Å². The van der Waals surface area contributed by atoms with E-state index in [1.165, 1.54) is 18.2 Å². The highest BCUT2D eigenvalue weighted by Crippen LogP contribution is 2.48. The Morgan fingerprint density at radius 1 is 1.19 bits per heavy atom. The zero-order valence-electron chi connectivity index (χ0n) is 19.2. The van der Waals surface area contributed by atoms with Gasteiger partial charge in [0.1, 0.15) is 17.4 Å². The van der Waals surface area contributed by atoms with Crippen LogP contribution in [0, 0.1) is 11.3 Å². The highest BCUT2D eigenvalue weighted by Gasteiger charge is 2.59. The largest absolute Gasteiger partial charge is 0.484 e. The Morgan fingerprint density at radius 3 is 2.46 bits per heavy atom. The number of hydrogen-bond donors (Lipinski definition) is 1. The van der Waals surface area contributed by atoms with E-state index in [0.29, 0.717) is 37.6 Å². The van der Waals surface area contributed by atoms with Crippen LogP contribution >= 0.6 is 12.2 Å². The van der Waals surface area contributed by atoms with E-state index in [-0.39, 0.29) is 23.0 Å². The molecule has 5 rings (SSSR count). The Kier molecular flexibility index (Phi) is 6.07. The second kappa shape index (κ2) is 8.88. The number of carbonyl (C=O) groups excluding carboxylic acids is 1. The normalized spacial score (nSPS) is 22.6. The number of anilines is 2. The van der Waals surface area contributed by atoms with Crippen molar-refractivity contribution in [1.82, 2.24) is 10.3 Å². The monoisotopic (exact) mass is 537 g/mol. The maximum atomic E-state index is 14.1. The third-order valence-electron chi connectivity index (χ3n) is 6.92. The molecule has 1 spiro atoms. The number of hydrogen-bond acceptors (Lipinski definition) is 6. The zero-order valence-corrected chi connectivity index (χ0v) is 20.0. The molecule has 1 aliphatic carbocycles. The van der Waals surface area contributed by atoms with Gasteiger partial charge in [-0.15, -0.1) is 0 Å². The third kappa shape index (κ3) is 4.18. The van der Waals surface area contributed by atoms with Crippen molar-refractivity contribution in [3.05, 3.63) is 47.8 Å². The quantitative estimate of drug-likeness (QED) is 0.457. The fourth-order valence-electron chi connectivity index (χ4n) is 4.89. The van der Waals surface area contributed by atoms with E-state index >= 15 is 0 Å². The zero-order chi connectivity index (χ0) is 26.6. The molecule has 37 heavy (non-hydrogen) atoms. The molecule has 0 unspecified atom stereocenters. The number of nitriles is 1. The molecule has 3 fully saturated rings. The number of nitrogens with one attached hydrogen (secondary N) is 1. The number of pyridine rings is 1. The lowest BCUT2D eigenvalue weighted by Crippen LogP contribution is -2.55. The van der Waals surface area contributed by atoms with E-state index in [0.717, 1.165) is 11.1 Å². The summed E-state index contributed by atoms with van der Waals surface area (Å²) in [6, 6.07) is 8.27. The number of ether oxygens (including phenoxy) is 1. The molecule has 1 saturated carbocycles. The van der Waals surface area contributed by atoms with E-state index in [9.17, 15) is 26.7 Å². The predicted octanol–water partition coefficient (Wildman–Crippen LogP) is 4.41. The first kappa shape index (κ1) is 25.3. The standard InChI is InChI=1S/C24H20F5N5O2S/c25-23(26)13-31-9-6-19(23)36-16-4-2-14(3-5-16)34-21(37)33(20(35)22(34)7-1-8-22)15-10-17(24(27,28)29)18(11-30)32-12-15/h2-5,10,12,19,31H,1,6-9,13H2/t19-/m1/s1. The number of amides is 1. The molecule has 13 heteroatoms. The number of rotatable bonds is 4. The van der Waals surface area contributed by atoms with Crippen LogP contribution < -0.4 is 19.9 Å². The van der Waals surface area contributed by atoms with Crippen molar-refractivity contribution in [1.29, 1.82) is 5.26 Å². The summed E-state index contributed by atoms with van der Waals surface area (Å²) in [5.41, 5.74) is -2.86. The molecule has 3 heterocycles. The van der Waals surface area contributed by atoms with Crippen molar-refractivity contribution in [2.24, 2.45) is 0 Å². The Hall–Kier alpha value is -3.37. The average molecular weight is 538 g/mol. The van der Waals surface area contributed by atoms with E-state index in [1.54, 1.807) is 17.0 Å². The van der Waals surface area contributed by atoms with E-state index in [4.69, 9.17) is 22.2 Å². The molecule has 1 aromatic carbocycles. The predicted molar refractivity (Wildman–Crippen MR) is 126 cm³/mol. The van der Waals surface area contributed by atoms with Crippen LogP contribution in [0.15, 0.2) is 36.5 Å². The first-order chi connectivity index (χ1) is 17.5. The molecule has 1 aromatic heterocycles. The summed E-state index contributed by atoms with van der Waals surface area (Å²) in [6.45, 7) is -0.0698. The van der Waals surface area contributed by atoms with Crippen LogP contribution in [-0.4, -0.2) is 46.7 Å². The van der Waals surface area contributed by atoms with Gasteiger partial charge in [-0.2, -0.15) is 18.4 Å². The van der Waals surface area contributed by atoms with Crippen molar-refractivity contribution in [3.8, 4) is 11.8 Å². The van der Waals surface area contributed by atoms with Gasteiger partial charge in [0.05, 0.1) is 24.0 Å². The first-order valence-electron chi connectivity index (χ1n) is 11.5. The minimum atomic E-state index is -4.85. The second-order valence-corrected chi connectivity index (χ2v) is 9.53. The number of piperidine rings is 1. The van der Waals surface area contributed by atoms with Gasteiger partial charge in [-0.25, -0.2) is 13.8 Å². The van der Waals surface area contributed by atoms with Crippen LogP contribution in [0.4, 0.5) is 33.3 Å². The summed E-state index contributed by atoms with van der Waals surface area (Å²) in [5.74, 6) is -3.30. The Labute approximate surface area is 213 Å². The van der Waals surface area contributed by atoms with Gasteiger partial charge in [0, 0.05) is 12.1 Å². The Bertz CT molecular complexity index is 1290. The lowest BCUT2D eigenvalue weighted by molar-refractivity contribution is -0.138. The van der Waals surface area contributed by atoms with E-state index in [1.807, 2.05) is 0 Å². The molecule has 2 saturated heterocycles. The van der Waals surface area contributed by atoms with Crippen LogP contribution in [0.3, 0.4) is 0 Å². The van der Waals surface area contributed by atoms with Crippen LogP contribution in [0.5, 0.6) is 5.75 Å². The van der Waals surface area contributed by atoms with Crippen LogP contribution in [-0.2, 0) is 11.0 Å². The fraction of sp³-hybridized carbons (Fsp3) is 0.417. The number of thiocarbonyl (C=S) groups is 1. The van der Waals surface area contributed by atoms with Gasteiger partial charge in [0.2, 0.25) is 0 Å². The molecule has 1 amide bonds. The number of alkyl halides is 5. The minimum Gasteiger partial charge on any atom is -0.484 e. The number of carbonyl (C=O) groups is 1. The summed E-state index contributed by atoms with van der Waals surface area (Å²) in [5, 5.41) is 11.6. The number of nitrogens with zero attached hydrogens (tertiary/aromatic N) is 4. The van der Waals surface area contributed by atoms with Crippen molar-refractivity contribution in [2.45, 2.75) is 49.4 Å². The summed E-state index contributed by atoms with van der Waals surface area (Å²) in [6.07, 6.45) is -3.41. The molecule has 1 N–H and O–H groups in total. The lowest BCUT2D eigenvalue weighted by Gasteiger charge is -2.43. The fourth-order valence-corrected chi connectivity index (χ4v) is 5.35. The first-order valence-corrected chi connectivity index (χ1v) is 11.9. The van der Waals surface area contributed by atoms with E-state index in [2.05, 4.69) is 10.3 Å². The molecule has 0 radical (unpaired) electrons. The van der Waals surface area contributed by atoms with Crippen molar-refractivity contribution >= 4 is 34.6 Å². The summed E-state index contributed by atoms with van der Waals surface area (Å²) in [7, 11) is 0. The van der Waals surface area contributed by atoms with Gasteiger partial charge in [-0.05, 0) is 68.4 Å². The molecule has 194 valence electrons. The summed E-state index contributed by atoms with van der Waals surface area (Å²) in [4.78, 5) is 19.7. The molecule has 3 aliphatic rings. The van der Waals surface area contributed by atoms with Gasteiger partial charge in [-0.1, -0.05) is 0 Å². The Balaban J connectivity index is 1.45. The molecule has 1 atom stereocenters. The maximum absolute atomic E-state index is 14.1.